The molecule has 262 valence electrons. The van der Waals surface area contributed by atoms with Crippen molar-refractivity contribution in [3.05, 3.63) is 65.2 Å². The quantitative estimate of drug-likeness (QED) is 0.152. The molecule has 0 spiro atoms. The fraction of sp³-hybridized carbons (Fsp3) is 0.528. The van der Waals surface area contributed by atoms with Crippen molar-refractivity contribution in [1.82, 2.24) is 10.6 Å². The molecule has 0 bridgehead atoms. The summed E-state index contributed by atoms with van der Waals surface area (Å²) in [7, 11) is 0. The molecule has 0 aliphatic carbocycles. The average Bonchev–Trinajstić information content (AvgIpc) is 3.04. The summed E-state index contributed by atoms with van der Waals surface area (Å²) in [5, 5.41) is 5.43. The van der Waals surface area contributed by atoms with E-state index in [4.69, 9.17) is 28.4 Å². The highest BCUT2D eigenvalue weighted by Gasteiger charge is 2.21. The molecule has 48 heavy (non-hydrogen) atoms. The van der Waals surface area contributed by atoms with E-state index < -0.39 is 11.7 Å². The number of para-hydroxylation sites is 1. The summed E-state index contributed by atoms with van der Waals surface area (Å²) in [5.74, 6) is 6.14. The average molecular weight is 668 g/mol. The van der Waals surface area contributed by atoms with Gasteiger partial charge in [0.15, 0.2) is 0 Å². The van der Waals surface area contributed by atoms with Crippen LogP contribution in [0, 0.1) is 11.8 Å². The first kappa shape index (κ1) is 38.5. The molecule has 1 aliphatic heterocycles. The minimum atomic E-state index is -0.524. The second-order valence-electron chi connectivity index (χ2n) is 11.7. The van der Waals surface area contributed by atoms with Gasteiger partial charge >= 0.3 is 6.09 Å². The molecule has 3 rings (SSSR count). The van der Waals surface area contributed by atoms with Crippen molar-refractivity contribution >= 4 is 23.6 Å². The highest BCUT2D eigenvalue weighted by atomic mass is 16.6. The van der Waals surface area contributed by atoms with Gasteiger partial charge in [0.05, 0.1) is 78.3 Å². The molecule has 2 aromatic rings. The van der Waals surface area contributed by atoms with Crippen molar-refractivity contribution in [3.8, 4) is 11.8 Å². The third kappa shape index (κ3) is 15.7. The van der Waals surface area contributed by atoms with Crippen LogP contribution in [0.4, 0.5) is 10.5 Å². The lowest BCUT2D eigenvalue weighted by atomic mass is 10.0. The third-order valence-electron chi connectivity index (χ3n) is 6.71. The molecule has 1 heterocycles. The first-order valence-corrected chi connectivity index (χ1v) is 16.3. The van der Waals surface area contributed by atoms with Gasteiger partial charge in [-0.2, -0.15) is 0 Å². The Labute approximate surface area is 283 Å². The highest BCUT2D eigenvalue weighted by molar-refractivity contribution is 5.95. The van der Waals surface area contributed by atoms with E-state index in [0.29, 0.717) is 72.6 Å². The number of carbonyl (C=O) groups excluding carboxylic acids is 3. The normalized spacial score (nSPS) is 12.1. The third-order valence-corrected chi connectivity index (χ3v) is 6.71. The van der Waals surface area contributed by atoms with Crippen LogP contribution in [-0.2, 0) is 44.6 Å². The molecule has 2 aromatic carbocycles. The van der Waals surface area contributed by atoms with Gasteiger partial charge in [0, 0.05) is 37.1 Å². The zero-order chi connectivity index (χ0) is 34.5. The van der Waals surface area contributed by atoms with Gasteiger partial charge in [-0.15, -0.1) is 0 Å². The van der Waals surface area contributed by atoms with E-state index in [1.54, 1.807) is 4.90 Å². The summed E-state index contributed by atoms with van der Waals surface area (Å²) in [6, 6.07) is 15.4. The molecular weight excluding hydrogens is 618 g/mol. The van der Waals surface area contributed by atoms with Gasteiger partial charge in [-0.3, -0.25) is 9.59 Å². The Morgan fingerprint density at radius 3 is 1.85 bits per heavy atom. The van der Waals surface area contributed by atoms with Gasteiger partial charge in [0.25, 0.3) is 0 Å². The Bertz CT molecular complexity index is 1350. The van der Waals surface area contributed by atoms with Crippen LogP contribution < -0.4 is 15.5 Å². The Kier molecular flexibility index (Phi) is 17.5. The number of amides is 3. The Hall–Kier alpha value is -3.99. The van der Waals surface area contributed by atoms with Crippen LogP contribution in [0.15, 0.2) is 48.5 Å². The smallest absolute Gasteiger partial charge is 0.407 e. The monoisotopic (exact) mass is 667 g/mol. The lowest BCUT2D eigenvalue weighted by Gasteiger charge is -2.26. The topological polar surface area (TPSA) is 134 Å². The molecule has 12 nitrogen and oxygen atoms in total. The van der Waals surface area contributed by atoms with Crippen molar-refractivity contribution in [2.24, 2.45) is 0 Å². The van der Waals surface area contributed by atoms with E-state index in [2.05, 4.69) is 22.5 Å². The van der Waals surface area contributed by atoms with Crippen molar-refractivity contribution in [3.63, 3.8) is 0 Å². The second-order valence-corrected chi connectivity index (χ2v) is 11.7. The summed E-state index contributed by atoms with van der Waals surface area (Å²) < 4.78 is 32.4. The fourth-order valence-corrected chi connectivity index (χ4v) is 4.43. The number of ether oxygens (including phenoxy) is 6. The van der Waals surface area contributed by atoms with Crippen molar-refractivity contribution < 1.29 is 42.8 Å². The zero-order valence-corrected chi connectivity index (χ0v) is 28.3. The molecule has 0 saturated carbocycles. The minimum absolute atomic E-state index is 0.0843. The molecule has 0 unspecified atom stereocenters. The van der Waals surface area contributed by atoms with Crippen LogP contribution in [0.2, 0.25) is 0 Å². The van der Waals surface area contributed by atoms with Gasteiger partial charge in [-0.25, -0.2) is 4.79 Å². The van der Waals surface area contributed by atoms with Crippen LogP contribution in [0.5, 0.6) is 0 Å². The molecule has 12 heteroatoms. The lowest BCUT2D eigenvalue weighted by molar-refractivity contribution is -0.122. The van der Waals surface area contributed by atoms with E-state index in [1.807, 2.05) is 69.3 Å². The number of hydrogen-bond acceptors (Lipinski definition) is 9. The molecule has 0 saturated heterocycles. The largest absolute Gasteiger partial charge is 0.444 e. The first-order valence-electron chi connectivity index (χ1n) is 16.3. The second kappa shape index (κ2) is 21.8. The summed E-state index contributed by atoms with van der Waals surface area (Å²) in [5.41, 5.74) is 2.93. The number of rotatable bonds is 21. The summed E-state index contributed by atoms with van der Waals surface area (Å²) in [4.78, 5) is 38.8. The standard InChI is InChI=1S/C36H49N3O9/c1-36(2,3)48-35(42)38-17-19-44-21-23-46-25-27-47-26-24-45-22-20-43-18-15-33(40)37-16-14-34(41)39-28-31-10-5-4-8-29(31)12-13-30-9-6-7-11-32(30)39/h4-11H,14-28H2,1-3H3,(H,37,40)(H,38,42). The maximum Gasteiger partial charge on any atom is 0.407 e. The Morgan fingerprint density at radius 2 is 1.21 bits per heavy atom. The number of nitrogens with zero attached hydrogens (tertiary/aromatic N) is 1. The summed E-state index contributed by atoms with van der Waals surface area (Å²) >= 11 is 0. The van der Waals surface area contributed by atoms with Gasteiger partial charge in [-0.1, -0.05) is 42.2 Å². The van der Waals surface area contributed by atoms with Crippen molar-refractivity contribution in [1.29, 1.82) is 0 Å². The van der Waals surface area contributed by atoms with Gasteiger partial charge < -0.3 is 44.0 Å². The predicted octanol–water partition coefficient (Wildman–Crippen LogP) is 3.44. The number of anilines is 1. The van der Waals surface area contributed by atoms with Crippen LogP contribution in [0.3, 0.4) is 0 Å². The molecule has 3 amide bonds. The minimum Gasteiger partial charge on any atom is -0.444 e. The van der Waals surface area contributed by atoms with E-state index in [0.717, 1.165) is 22.4 Å². The molecule has 0 radical (unpaired) electrons. The van der Waals surface area contributed by atoms with E-state index in [9.17, 15) is 14.4 Å². The number of alkyl carbamates (subject to hydrolysis) is 1. The number of carbonyl (C=O) groups is 3. The maximum atomic E-state index is 13.2. The first-order chi connectivity index (χ1) is 23.2. The highest BCUT2D eigenvalue weighted by Crippen LogP contribution is 2.25. The van der Waals surface area contributed by atoms with E-state index in [1.165, 1.54) is 0 Å². The van der Waals surface area contributed by atoms with Gasteiger partial charge in [0.2, 0.25) is 11.8 Å². The maximum absolute atomic E-state index is 13.2. The molecule has 0 atom stereocenters. The van der Waals surface area contributed by atoms with Crippen molar-refractivity contribution in [2.75, 3.05) is 84.1 Å². The predicted molar refractivity (Wildman–Crippen MR) is 181 cm³/mol. The number of nitrogens with one attached hydrogen (secondary N) is 2. The van der Waals surface area contributed by atoms with Gasteiger partial charge in [0.1, 0.15) is 5.60 Å². The van der Waals surface area contributed by atoms with Crippen LogP contribution in [0.25, 0.3) is 0 Å². The van der Waals surface area contributed by atoms with E-state index in [-0.39, 0.29) is 37.8 Å². The number of benzene rings is 2. The molecule has 0 fully saturated rings. The van der Waals surface area contributed by atoms with Crippen LogP contribution in [-0.4, -0.2) is 103 Å². The Morgan fingerprint density at radius 1 is 0.667 bits per heavy atom. The van der Waals surface area contributed by atoms with E-state index >= 15 is 0 Å². The lowest BCUT2D eigenvalue weighted by Crippen LogP contribution is -2.35. The molecule has 1 aliphatic rings. The Balaban J connectivity index is 1.12. The van der Waals surface area contributed by atoms with Crippen LogP contribution in [0.1, 0.15) is 50.3 Å². The summed E-state index contributed by atoms with van der Waals surface area (Å²) in [6.45, 7) is 10.4. The number of hydrogen-bond donors (Lipinski definition) is 2. The summed E-state index contributed by atoms with van der Waals surface area (Å²) in [6.07, 6.45) is -0.0991. The van der Waals surface area contributed by atoms with Crippen LogP contribution >= 0.6 is 0 Å². The zero-order valence-electron chi connectivity index (χ0n) is 28.3. The molecule has 2 N–H and O–H groups in total. The molecule has 0 aromatic heterocycles. The number of fused-ring (bicyclic) bond motifs is 2. The fourth-order valence-electron chi connectivity index (χ4n) is 4.43. The van der Waals surface area contributed by atoms with Crippen molar-refractivity contribution in [2.45, 2.75) is 45.8 Å². The molecular formula is C36H49N3O9. The SMILES string of the molecule is CC(C)(C)OC(=O)NCCOCCOCCOCCOCCOCCC(=O)NCCC(=O)N1Cc2ccccc2C#Cc2ccccc21. The van der Waals surface area contributed by atoms with Gasteiger partial charge in [-0.05, 0) is 44.5 Å².